The minimum atomic E-state index is -0.569. The summed E-state index contributed by atoms with van der Waals surface area (Å²) in [7, 11) is 2.84. The molecule has 0 aromatic carbocycles. The topological polar surface area (TPSA) is 103 Å². The number of methoxy groups -OCH3 is 1. The number of carbonyl (C=O) groups excluding carboxylic acids is 1. The molecule has 0 saturated heterocycles. The molecule has 2 heterocycles. The Kier molecular flexibility index (Phi) is 3.42. The Labute approximate surface area is 105 Å². The maximum atomic E-state index is 11.3. The highest BCUT2D eigenvalue weighted by atomic mass is 32.2. The van der Waals surface area contributed by atoms with E-state index in [0.717, 1.165) is 11.8 Å². The standard InChI is InChI=1S/C9H9N5O3S/c1-14-8(16)12-13-9(14)18-6-4-10-3-5(11-6)7(15)17-2/h3-4H,1-2H3,(H,12,16). The van der Waals surface area contributed by atoms with Crippen molar-refractivity contribution in [3.8, 4) is 0 Å². The van der Waals surface area contributed by atoms with E-state index in [4.69, 9.17) is 0 Å². The van der Waals surface area contributed by atoms with Gasteiger partial charge in [-0.15, -0.1) is 5.10 Å². The fourth-order valence-corrected chi connectivity index (χ4v) is 1.87. The van der Waals surface area contributed by atoms with Gasteiger partial charge in [0, 0.05) is 7.05 Å². The molecular weight excluding hydrogens is 258 g/mol. The number of rotatable bonds is 3. The van der Waals surface area contributed by atoms with Gasteiger partial charge in [0.15, 0.2) is 10.9 Å². The molecular formula is C9H9N5O3S. The molecule has 0 atom stereocenters. The fraction of sp³-hybridized carbons (Fsp3) is 0.222. The summed E-state index contributed by atoms with van der Waals surface area (Å²) in [6.45, 7) is 0. The van der Waals surface area contributed by atoms with E-state index in [-0.39, 0.29) is 11.4 Å². The second-order valence-corrected chi connectivity index (χ2v) is 4.19. The molecule has 1 N–H and O–H groups in total. The van der Waals surface area contributed by atoms with Crippen molar-refractivity contribution in [3.63, 3.8) is 0 Å². The lowest BCUT2D eigenvalue weighted by atomic mass is 10.5. The molecule has 0 unspecified atom stereocenters. The number of carbonyl (C=O) groups is 1. The third-order valence-corrected chi connectivity index (χ3v) is 3.00. The third kappa shape index (κ3) is 2.40. The molecule has 18 heavy (non-hydrogen) atoms. The molecule has 0 fully saturated rings. The molecule has 2 rings (SSSR count). The lowest BCUT2D eigenvalue weighted by molar-refractivity contribution is 0.0592. The second-order valence-electron chi connectivity index (χ2n) is 3.21. The predicted molar refractivity (Wildman–Crippen MR) is 61.3 cm³/mol. The summed E-state index contributed by atoms with van der Waals surface area (Å²) < 4.78 is 5.87. The molecule has 2 aromatic rings. The molecule has 0 aliphatic rings. The zero-order chi connectivity index (χ0) is 13.1. The predicted octanol–water partition coefficient (Wildman–Crippen LogP) is -0.164. The van der Waals surface area contributed by atoms with Crippen LogP contribution in [0.2, 0.25) is 0 Å². The number of hydrogen-bond donors (Lipinski definition) is 1. The monoisotopic (exact) mass is 267 g/mol. The first kappa shape index (κ1) is 12.3. The Morgan fingerprint density at radius 1 is 1.50 bits per heavy atom. The molecule has 0 aliphatic heterocycles. The third-order valence-electron chi connectivity index (χ3n) is 2.04. The molecule has 0 aliphatic carbocycles. The first-order valence-electron chi connectivity index (χ1n) is 4.81. The van der Waals surface area contributed by atoms with Gasteiger partial charge in [0.1, 0.15) is 5.03 Å². The smallest absolute Gasteiger partial charge is 0.358 e. The van der Waals surface area contributed by atoms with Crippen LogP contribution in [0.3, 0.4) is 0 Å². The summed E-state index contributed by atoms with van der Waals surface area (Å²) in [6, 6.07) is 0. The summed E-state index contributed by atoms with van der Waals surface area (Å²) in [4.78, 5) is 30.4. The van der Waals surface area contributed by atoms with Crippen LogP contribution < -0.4 is 5.69 Å². The minimum Gasteiger partial charge on any atom is -0.464 e. The molecule has 0 bridgehead atoms. The van der Waals surface area contributed by atoms with Gasteiger partial charge in [0.25, 0.3) is 0 Å². The Balaban J connectivity index is 2.27. The quantitative estimate of drug-likeness (QED) is 0.770. The van der Waals surface area contributed by atoms with Gasteiger partial charge in [-0.2, -0.15) is 0 Å². The maximum Gasteiger partial charge on any atom is 0.358 e. The van der Waals surface area contributed by atoms with Gasteiger partial charge in [-0.25, -0.2) is 19.7 Å². The lowest BCUT2D eigenvalue weighted by Gasteiger charge is -2.01. The van der Waals surface area contributed by atoms with E-state index in [9.17, 15) is 9.59 Å². The average Bonchev–Trinajstić information content (AvgIpc) is 2.70. The molecule has 8 nitrogen and oxygen atoms in total. The first-order valence-corrected chi connectivity index (χ1v) is 5.63. The van der Waals surface area contributed by atoms with Gasteiger partial charge < -0.3 is 4.74 Å². The van der Waals surface area contributed by atoms with Gasteiger partial charge in [-0.05, 0) is 11.8 Å². The van der Waals surface area contributed by atoms with Crippen LogP contribution in [-0.2, 0) is 11.8 Å². The Hall–Kier alpha value is -2.16. The van der Waals surface area contributed by atoms with Crippen molar-refractivity contribution in [2.24, 2.45) is 7.05 Å². The largest absolute Gasteiger partial charge is 0.464 e. The highest BCUT2D eigenvalue weighted by molar-refractivity contribution is 7.99. The first-order chi connectivity index (χ1) is 8.61. The number of hydrogen-bond acceptors (Lipinski definition) is 7. The zero-order valence-electron chi connectivity index (χ0n) is 9.58. The fourth-order valence-electron chi connectivity index (χ4n) is 1.12. The van der Waals surface area contributed by atoms with E-state index >= 15 is 0 Å². The Bertz CT molecular complexity index is 635. The number of aromatic nitrogens is 5. The number of esters is 1. The Morgan fingerprint density at radius 3 is 2.89 bits per heavy atom. The van der Waals surface area contributed by atoms with Crippen molar-refractivity contribution in [1.82, 2.24) is 24.7 Å². The van der Waals surface area contributed by atoms with Crippen molar-refractivity contribution in [2.75, 3.05) is 7.11 Å². The molecule has 9 heteroatoms. The number of ether oxygens (including phenoxy) is 1. The molecule has 0 spiro atoms. The van der Waals surface area contributed by atoms with Crippen molar-refractivity contribution in [1.29, 1.82) is 0 Å². The van der Waals surface area contributed by atoms with Crippen LogP contribution in [-0.4, -0.2) is 37.8 Å². The lowest BCUT2D eigenvalue weighted by Crippen LogP contribution is -2.13. The van der Waals surface area contributed by atoms with Crippen LogP contribution in [0.1, 0.15) is 10.5 Å². The number of aromatic amines is 1. The maximum absolute atomic E-state index is 11.3. The van der Waals surface area contributed by atoms with Crippen LogP contribution in [0.5, 0.6) is 0 Å². The molecule has 0 saturated carbocycles. The van der Waals surface area contributed by atoms with E-state index in [1.54, 1.807) is 7.05 Å². The van der Waals surface area contributed by atoms with Gasteiger partial charge in [-0.1, -0.05) is 0 Å². The molecule has 0 radical (unpaired) electrons. The van der Waals surface area contributed by atoms with Crippen LogP contribution in [0.25, 0.3) is 0 Å². The van der Waals surface area contributed by atoms with E-state index in [1.807, 2.05) is 0 Å². The van der Waals surface area contributed by atoms with E-state index in [1.165, 1.54) is 24.1 Å². The van der Waals surface area contributed by atoms with Gasteiger partial charge in [0.05, 0.1) is 19.5 Å². The van der Waals surface area contributed by atoms with Crippen LogP contribution in [0, 0.1) is 0 Å². The average molecular weight is 267 g/mol. The molecule has 2 aromatic heterocycles. The van der Waals surface area contributed by atoms with Crippen LogP contribution in [0.15, 0.2) is 27.4 Å². The van der Waals surface area contributed by atoms with Crippen molar-refractivity contribution >= 4 is 17.7 Å². The zero-order valence-corrected chi connectivity index (χ0v) is 10.4. The summed E-state index contributed by atoms with van der Waals surface area (Å²) in [5.41, 5.74) is -0.224. The Morgan fingerprint density at radius 2 is 2.28 bits per heavy atom. The van der Waals surface area contributed by atoms with Gasteiger partial charge in [-0.3, -0.25) is 9.55 Å². The van der Waals surface area contributed by atoms with Gasteiger partial charge in [0.2, 0.25) is 0 Å². The highest BCUT2D eigenvalue weighted by Crippen LogP contribution is 2.21. The number of nitrogens with zero attached hydrogens (tertiary/aromatic N) is 4. The number of nitrogens with one attached hydrogen (secondary N) is 1. The van der Waals surface area contributed by atoms with Crippen molar-refractivity contribution < 1.29 is 9.53 Å². The van der Waals surface area contributed by atoms with Crippen molar-refractivity contribution in [2.45, 2.75) is 10.2 Å². The van der Waals surface area contributed by atoms with Crippen LogP contribution in [0.4, 0.5) is 0 Å². The van der Waals surface area contributed by atoms with Crippen LogP contribution >= 0.6 is 11.8 Å². The SMILES string of the molecule is COC(=O)c1cncc(Sc2n[nH]c(=O)n2C)n1. The normalized spacial score (nSPS) is 10.3. The summed E-state index contributed by atoms with van der Waals surface area (Å²) >= 11 is 1.12. The molecule has 0 amide bonds. The highest BCUT2D eigenvalue weighted by Gasteiger charge is 2.12. The van der Waals surface area contributed by atoms with E-state index < -0.39 is 5.97 Å². The molecule has 94 valence electrons. The van der Waals surface area contributed by atoms with Gasteiger partial charge >= 0.3 is 11.7 Å². The minimum absolute atomic E-state index is 0.100. The second kappa shape index (κ2) is 5.00. The summed E-state index contributed by atoms with van der Waals surface area (Å²) in [5.74, 6) is -0.569. The van der Waals surface area contributed by atoms with E-state index in [2.05, 4.69) is 24.9 Å². The van der Waals surface area contributed by atoms with E-state index in [0.29, 0.717) is 10.2 Å². The van der Waals surface area contributed by atoms with Crippen molar-refractivity contribution in [3.05, 3.63) is 28.6 Å². The summed E-state index contributed by atoms with van der Waals surface area (Å²) in [5, 5.41) is 6.98. The summed E-state index contributed by atoms with van der Waals surface area (Å²) in [6.07, 6.45) is 2.77. The number of H-pyrrole nitrogens is 1.